The molecule has 2 rings (SSSR count). The molecule has 2 atom stereocenters. The van der Waals surface area contributed by atoms with Crippen molar-refractivity contribution >= 4 is 5.97 Å². The van der Waals surface area contributed by atoms with E-state index in [0.717, 1.165) is 45.2 Å². The summed E-state index contributed by atoms with van der Waals surface area (Å²) in [4.78, 5) is 13.0. The minimum Gasteiger partial charge on any atom is -0.459 e. The second kappa shape index (κ2) is 5.47. The third-order valence-electron chi connectivity index (χ3n) is 3.89. The minimum atomic E-state index is -4.87. The lowest BCUT2D eigenvalue weighted by molar-refractivity contribution is -0.202. The summed E-state index contributed by atoms with van der Waals surface area (Å²) in [6.07, 6.45) is 0.239. The van der Waals surface area contributed by atoms with E-state index in [2.05, 4.69) is 9.64 Å². The van der Waals surface area contributed by atoms with Crippen LogP contribution in [0.5, 0.6) is 0 Å². The van der Waals surface area contributed by atoms with E-state index < -0.39 is 12.1 Å². The fourth-order valence-electron chi connectivity index (χ4n) is 3.04. The number of hydrogen-bond donors (Lipinski definition) is 0. The van der Waals surface area contributed by atoms with Gasteiger partial charge in [-0.1, -0.05) is 6.42 Å². The Bertz CT molecular complexity index is 304. The van der Waals surface area contributed by atoms with Gasteiger partial charge in [-0.15, -0.1) is 0 Å². The number of halogens is 3. The highest BCUT2D eigenvalue weighted by Crippen LogP contribution is 2.31. The van der Waals surface area contributed by atoms with E-state index in [1.165, 1.54) is 0 Å². The van der Waals surface area contributed by atoms with Crippen molar-refractivity contribution < 1.29 is 22.7 Å². The van der Waals surface area contributed by atoms with Gasteiger partial charge in [0.2, 0.25) is 0 Å². The predicted molar refractivity (Wildman–Crippen MR) is 59.0 cm³/mol. The molecule has 2 aliphatic rings. The second-order valence-electron chi connectivity index (χ2n) is 5.10. The maximum Gasteiger partial charge on any atom is 0.490 e. The minimum absolute atomic E-state index is 0.0605. The van der Waals surface area contributed by atoms with Gasteiger partial charge in [0.15, 0.2) is 0 Å². The van der Waals surface area contributed by atoms with Crippen LogP contribution in [0.1, 0.15) is 32.1 Å². The van der Waals surface area contributed by atoms with Crippen LogP contribution >= 0.6 is 0 Å². The van der Waals surface area contributed by atoms with Crippen molar-refractivity contribution in [3.8, 4) is 0 Å². The molecule has 6 heteroatoms. The van der Waals surface area contributed by atoms with Crippen molar-refractivity contribution in [3.05, 3.63) is 0 Å². The molecule has 0 bridgehead atoms. The first-order valence-corrected chi connectivity index (χ1v) is 6.46. The average Bonchev–Trinajstić information content (AvgIpc) is 2.34. The quantitative estimate of drug-likeness (QED) is 0.718. The molecule has 0 N–H and O–H groups in total. The van der Waals surface area contributed by atoms with Gasteiger partial charge in [-0.25, -0.2) is 4.79 Å². The van der Waals surface area contributed by atoms with E-state index in [0.29, 0.717) is 6.04 Å². The first-order valence-electron chi connectivity index (χ1n) is 6.46. The highest BCUT2D eigenvalue weighted by molar-refractivity contribution is 5.75. The molecule has 2 aliphatic heterocycles. The Morgan fingerprint density at radius 2 is 1.89 bits per heavy atom. The second-order valence-corrected chi connectivity index (χ2v) is 5.10. The number of piperidine rings is 2. The smallest absolute Gasteiger partial charge is 0.459 e. The molecule has 104 valence electrons. The first-order chi connectivity index (χ1) is 8.48. The van der Waals surface area contributed by atoms with Crippen LogP contribution in [-0.2, 0) is 9.53 Å². The molecule has 2 saturated heterocycles. The average molecular weight is 265 g/mol. The molecule has 0 amide bonds. The number of hydrogen-bond acceptors (Lipinski definition) is 3. The number of carbonyl (C=O) groups is 1. The number of rotatable bonds is 2. The van der Waals surface area contributed by atoms with Gasteiger partial charge in [0.25, 0.3) is 0 Å². The molecule has 3 nitrogen and oxygen atoms in total. The maximum absolute atomic E-state index is 12.1. The molecular weight excluding hydrogens is 247 g/mol. The van der Waals surface area contributed by atoms with Gasteiger partial charge in [0.1, 0.15) is 0 Å². The van der Waals surface area contributed by atoms with Crippen LogP contribution in [0.25, 0.3) is 0 Å². The van der Waals surface area contributed by atoms with Crippen LogP contribution in [0.4, 0.5) is 13.2 Å². The summed E-state index contributed by atoms with van der Waals surface area (Å²) in [5, 5.41) is 0. The zero-order chi connectivity index (χ0) is 13.2. The lowest BCUT2D eigenvalue weighted by Crippen LogP contribution is -2.49. The molecule has 2 fully saturated rings. The van der Waals surface area contributed by atoms with Crippen molar-refractivity contribution in [2.45, 2.75) is 44.3 Å². The Morgan fingerprint density at radius 1 is 1.17 bits per heavy atom. The summed E-state index contributed by atoms with van der Waals surface area (Å²) in [5.41, 5.74) is 0. The Labute approximate surface area is 104 Å². The van der Waals surface area contributed by atoms with Gasteiger partial charge in [0, 0.05) is 12.0 Å². The predicted octanol–water partition coefficient (Wildman–Crippen LogP) is 2.36. The molecule has 0 aromatic heterocycles. The van der Waals surface area contributed by atoms with Crippen LogP contribution in [-0.4, -0.2) is 42.8 Å². The molecule has 0 radical (unpaired) electrons. The van der Waals surface area contributed by atoms with Crippen LogP contribution in [0.3, 0.4) is 0 Å². The SMILES string of the molecule is O=C(OC[C@H]1CCCN2CCCC[C@@H]12)C(F)(F)F. The van der Waals surface area contributed by atoms with Gasteiger partial charge in [-0.3, -0.25) is 4.90 Å². The number of esters is 1. The third-order valence-corrected chi connectivity index (χ3v) is 3.89. The van der Waals surface area contributed by atoms with Gasteiger partial charge < -0.3 is 4.74 Å². The largest absolute Gasteiger partial charge is 0.490 e. The van der Waals surface area contributed by atoms with E-state index in [-0.39, 0.29) is 12.5 Å². The maximum atomic E-state index is 12.1. The fourth-order valence-corrected chi connectivity index (χ4v) is 3.04. The number of nitrogens with zero attached hydrogens (tertiary/aromatic N) is 1. The van der Waals surface area contributed by atoms with E-state index >= 15 is 0 Å². The molecule has 0 aromatic rings. The van der Waals surface area contributed by atoms with Crippen LogP contribution < -0.4 is 0 Å². The van der Waals surface area contributed by atoms with Crippen LogP contribution in [0.15, 0.2) is 0 Å². The Hall–Kier alpha value is -0.780. The van der Waals surface area contributed by atoms with Crippen LogP contribution in [0.2, 0.25) is 0 Å². The zero-order valence-corrected chi connectivity index (χ0v) is 10.2. The summed E-state index contributed by atoms with van der Waals surface area (Å²) >= 11 is 0. The number of alkyl halides is 3. The molecule has 0 saturated carbocycles. The molecule has 2 heterocycles. The Morgan fingerprint density at radius 3 is 2.61 bits per heavy atom. The van der Waals surface area contributed by atoms with Crippen LogP contribution in [0, 0.1) is 5.92 Å². The lowest BCUT2D eigenvalue weighted by atomic mass is 9.84. The monoisotopic (exact) mass is 265 g/mol. The Balaban J connectivity index is 1.86. The number of ether oxygens (including phenoxy) is 1. The van der Waals surface area contributed by atoms with Gasteiger partial charge >= 0.3 is 12.1 Å². The van der Waals surface area contributed by atoms with Gasteiger partial charge in [0.05, 0.1) is 6.61 Å². The van der Waals surface area contributed by atoms with Crippen molar-refractivity contribution in [1.82, 2.24) is 4.90 Å². The normalized spacial score (nSPS) is 29.7. The van der Waals surface area contributed by atoms with Crippen molar-refractivity contribution in [3.63, 3.8) is 0 Å². The van der Waals surface area contributed by atoms with Gasteiger partial charge in [-0.05, 0) is 38.8 Å². The Kier molecular flexibility index (Phi) is 4.14. The molecule has 0 spiro atoms. The number of fused-ring (bicyclic) bond motifs is 1. The summed E-state index contributed by atoms with van der Waals surface area (Å²) in [6, 6.07) is 0.300. The summed E-state index contributed by atoms with van der Waals surface area (Å²) in [7, 11) is 0. The standard InChI is InChI=1S/C12H18F3NO2/c13-12(14,15)11(17)18-8-9-4-3-7-16-6-2-1-5-10(9)16/h9-10H,1-8H2/t9-,10+/m1/s1. The molecule has 0 unspecified atom stereocenters. The van der Waals surface area contributed by atoms with E-state index in [4.69, 9.17) is 0 Å². The van der Waals surface area contributed by atoms with E-state index in [1.54, 1.807) is 0 Å². The molecular formula is C12H18F3NO2. The van der Waals surface area contributed by atoms with E-state index in [9.17, 15) is 18.0 Å². The van der Waals surface area contributed by atoms with Crippen molar-refractivity contribution in [2.75, 3.05) is 19.7 Å². The molecule has 0 aliphatic carbocycles. The lowest BCUT2D eigenvalue weighted by Gasteiger charge is -2.44. The summed E-state index contributed by atoms with van der Waals surface area (Å²) < 4.78 is 40.6. The fraction of sp³-hybridized carbons (Fsp3) is 0.917. The summed E-state index contributed by atoms with van der Waals surface area (Å²) in [6.45, 7) is 1.95. The molecule has 18 heavy (non-hydrogen) atoms. The van der Waals surface area contributed by atoms with Crippen molar-refractivity contribution in [1.29, 1.82) is 0 Å². The van der Waals surface area contributed by atoms with Gasteiger partial charge in [-0.2, -0.15) is 13.2 Å². The van der Waals surface area contributed by atoms with E-state index in [1.807, 2.05) is 0 Å². The molecule has 0 aromatic carbocycles. The van der Waals surface area contributed by atoms with Crippen molar-refractivity contribution in [2.24, 2.45) is 5.92 Å². The first kappa shape index (κ1) is 13.6. The topological polar surface area (TPSA) is 29.5 Å². The summed E-state index contributed by atoms with van der Waals surface area (Å²) in [5.74, 6) is -2.00. The number of carbonyl (C=O) groups excluding carboxylic acids is 1. The third kappa shape index (κ3) is 3.16. The highest BCUT2D eigenvalue weighted by atomic mass is 19.4. The highest BCUT2D eigenvalue weighted by Gasteiger charge is 2.42. The zero-order valence-electron chi connectivity index (χ0n) is 10.2.